The van der Waals surface area contributed by atoms with Crippen molar-refractivity contribution in [1.82, 2.24) is 15.5 Å². The molecule has 5 nitrogen and oxygen atoms in total. The topological polar surface area (TPSA) is 53.6 Å². The molecular formula is C20H29N3O2. The second kappa shape index (κ2) is 6.61. The number of hydrogen-bond donors (Lipinski definition) is 2. The molecule has 2 saturated heterocycles. The van der Waals surface area contributed by atoms with Gasteiger partial charge in [-0.15, -0.1) is 0 Å². The Kier molecular flexibility index (Phi) is 4.46. The maximum atomic E-state index is 11.7. The molecule has 136 valence electrons. The van der Waals surface area contributed by atoms with Gasteiger partial charge in [0.1, 0.15) is 0 Å². The van der Waals surface area contributed by atoms with E-state index >= 15 is 0 Å². The third-order valence-electron chi connectivity index (χ3n) is 6.60. The molecule has 3 fully saturated rings. The Hall–Kier alpha value is -1.59. The van der Waals surface area contributed by atoms with E-state index < -0.39 is 0 Å². The van der Waals surface area contributed by atoms with Gasteiger partial charge >= 0.3 is 6.03 Å². The summed E-state index contributed by atoms with van der Waals surface area (Å²) in [7, 11) is 2.27. The molecule has 1 aromatic carbocycles. The van der Waals surface area contributed by atoms with Crippen molar-refractivity contribution in [2.45, 2.75) is 43.2 Å². The molecule has 1 aliphatic carbocycles. The number of carbonyl (C=O) groups excluding carboxylic acids is 1. The van der Waals surface area contributed by atoms with Gasteiger partial charge in [-0.25, -0.2) is 4.79 Å². The van der Waals surface area contributed by atoms with E-state index in [0.717, 1.165) is 52.0 Å². The summed E-state index contributed by atoms with van der Waals surface area (Å²) in [5, 5.41) is 6.14. The third-order valence-corrected chi connectivity index (χ3v) is 6.60. The van der Waals surface area contributed by atoms with Crippen molar-refractivity contribution in [1.29, 1.82) is 0 Å². The zero-order valence-electron chi connectivity index (χ0n) is 15.1. The first kappa shape index (κ1) is 16.9. The standard InChI is InChI=1S/C20H29N3O2/c1-23(13-16-7-12-25-14-16)20(17-5-3-2-4-6-17)10-8-19(9-11-20)15-21-18(24)22-19/h2-6,16H,7-15H2,1H3,(H2,21,22,24)/t16?,19-,20+. The number of nitrogens with zero attached hydrogens (tertiary/aromatic N) is 1. The first-order valence-corrected chi connectivity index (χ1v) is 9.53. The van der Waals surface area contributed by atoms with Crippen LogP contribution in [0.4, 0.5) is 4.79 Å². The first-order chi connectivity index (χ1) is 12.1. The molecule has 4 rings (SSSR count). The van der Waals surface area contributed by atoms with Crippen molar-refractivity contribution >= 4 is 6.03 Å². The van der Waals surface area contributed by atoms with Gasteiger partial charge in [-0.1, -0.05) is 30.3 Å². The number of amides is 2. The molecule has 0 bridgehead atoms. The molecule has 2 heterocycles. The van der Waals surface area contributed by atoms with Crippen LogP contribution in [0.2, 0.25) is 0 Å². The highest BCUT2D eigenvalue weighted by Gasteiger charge is 2.48. The quantitative estimate of drug-likeness (QED) is 0.883. The van der Waals surface area contributed by atoms with Crippen LogP contribution in [0.15, 0.2) is 30.3 Å². The van der Waals surface area contributed by atoms with Crippen LogP contribution in [0, 0.1) is 5.92 Å². The summed E-state index contributed by atoms with van der Waals surface area (Å²) in [6.07, 6.45) is 5.35. The SMILES string of the molecule is CN(CC1CCOC1)[C@]1(c2ccccc2)CC[C@]2(CC1)CNC(=O)N2. The lowest BCUT2D eigenvalue weighted by atomic mass is 9.68. The Bertz CT molecular complexity index is 605. The lowest BCUT2D eigenvalue weighted by Gasteiger charge is -2.50. The van der Waals surface area contributed by atoms with Crippen LogP contribution in [-0.2, 0) is 10.3 Å². The Morgan fingerprint density at radius 1 is 1.20 bits per heavy atom. The van der Waals surface area contributed by atoms with Crippen molar-refractivity contribution in [3.8, 4) is 0 Å². The smallest absolute Gasteiger partial charge is 0.315 e. The van der Waals surface area contributed by atoms with Gasteiger partial charge in [-0.3, -0.25) is 4.90 Å². The van der Waals surface area contributed by atoms with Crippen molar-refractivity contribution in [3.63, 3.8) is 0 Å². The molecule has 2 amide bonds. The van der Waals surface area contributed by atoms with E-state index in [4.69, 9.17) is 4.74 Å². The Morgan fingerprint density at radius 3 is 2.56 bits per heavy atom. The van der Waals surface area contributed by atoms with Crippen LogP contribution in [-0.4, -0.2) is 49.8 Å². The van der Waals surface area contributed by atoms with Crippen molar-refractivity contribution in [2.24, 2.45) is 5.92 Å². The summed E-state index contributed by atoms with van der Waals surface area (Å²) in [5.41, 5.74) is 1.42. The molecule has 1 unspecified atom stereocenters. The first-order valence-electron chi connectivity index (χ1n) is 9.53. The summed E-state index contributed by atoms with van der Waals surface area (Å²) in [6.45, 7) is 3.63. The zero-order chi connectivity index (χ0) is 17.3. The highest BCUT2D eigenvalue weighted by Crippen LogP contribution is 2.46. The Morgan fingerprint density at radius 2 is 1.96 bits per heavy atom. The van der Waals surface area contributed by atoms with Crippen LogP contribution in [0.25, 0.3) is 0 Å². The van der Waals surface area contributed by atoms with E-state index in [0.29, 0.717) is 5.92 Å². The maximum absolute atomic E-state index is 11.7. The van der Waals surface area contributed by atoms with Gasteiger partial charge in [0, 0.05) is 25.2 Å². The lowest BCUT2D eigenvalue weighted by molar-refractivity contribution is 0.0319. The van der Waals surface area contributed by atoms with E-state index in [-0.39, 0.29) is 17.1 Å². The molecule has 1 saturated carbocycles. The van der Waals surface area contributed by atoms with Gasteiger partial charge in [0.15, 0.2) is 0 Å². The molecule has 5 heteroatoms. The van der Waals surface area contributed by atoms with Crippen LogP contribution >= 0.6 is 0 Å². The average Bonchev–Trinajstić information content (AvgIpc) is 3.27. The van der Waals surface area contributed by atoms with Crippen LogP contribution in [0.3, 0.4) is 0 Å². The van der Waals surface area contributed by atoms with Crippen LogP contribution < -0.4 is 10.6 Å². The van der Waals surface area contributed by atoms with Gasteiger partial charge in [0.25, 0.3) is 0 Å². The fraction of sp³-hybridized carbons (Fsp3) is 0.650. The summed E-state index contributed by atoms with van der Waals surface area (Å²) >= 11 is 0. The second-order valence-electron chi connectivity index (χ2n) is 8.10. The predicted octanol–water partition coefficient (Wildman–Crippen LogP) is 2.48. The van der Waals surface area contributed by atoms with Crippen LogP contribution in [0.5, 0.6) is 0 Å². The molecule has 0 radical (unpaired) electrons. The predicted molar refractivity (Wildman–Crippen MR) is 97.4 cm³/mol. The van der Waals surface area contributed by atoms with Gasteiger partial charge in [0.05, 0.1) is 12.1 Å². The fourth-order valence-electron chi connectivity index (χ4n) is 4.95. The molecule has 2 aliphatic heterocycles. The van der Waals surface area contributed by atoms with Crippen molar-refractivity contribution in [2.75, 3.05) is 33.4 Å². The summed E-state index contributed by atoms with van der Waals surface area (Å²) in [6, 6.07) is 10.9. The Labute approximate surface area is 150 Å². The van der Waals surface area contributed by atoms with E-state index in [1.165, 1.54) is 12.0 Å². The van der Waals surface area contributed by atoms with E-state index in [1.54, 1.807) is 0 Å². The summed E-state index contributed by atoms with van der Waals surface area (Å²) in [5.74, 6) is 0.634. The number of rotatable bonds is 4. The monoisotopic (exact) mass is 343 g/mol. The van der Waals surface area contributed by atoms with E-state index in [9.17, 15) is 4.79 Å². The highest BCUT2D eigenvalue weighted by molar-refractivity contribution is 5.77. The average molecular weight is 343 g/mol. The van der Waals surface area contributed by atoms with Gasteiger partial charge in [0.2, 0.25) is 0 Å². The molecule has 3 aliphatic rings. The molecule has 25 heavy (non-hydrogen) atoms. The minimum absolute atomic E-state index is 0.0105. The van der Waals surface area contributed by atoms with Gasteiger partial charge in [-0.2, -0.15) is 0 Å². The number of urea groups is 1. The molecule has 1 atom stereocenters. The second-order valence-corrected chi connectivity index (χ2v) is 8.10. The largest absolute Gasteiger partial charge is 0.381 e. The molecule has 1 aromatic rings. The molecular weight excluding hydrogens is 314 g/mol. The number of nitrogens with one attached hydrogen (secondary N) is 2. The van der Waals surface area contributed by atoms with Crippen LogP contribution in [0.1, 0.15) is 37.7 Å². The molecule has 1 spiro atoms. The molecule has 2 N–H and O–H groups in total. The van der Waals surface area contributed by atoms with Crippen molar-refractivity contribution < 1.29 is 9.53 Å². The number of carbonyl (C=O) groups is 1. The minimum Gasteiger partial charge on any atom is -0.381 e. The maximum Gasteiger partial charge on any atom is 0.315 e. The van der Waals surface area contributed by atoms with E-state index in [1.807, 2.05) is 0 Å². The normalized spacial score (nSPS) is 35.1. The molecule has 0 aromatic heterocycles. The Balaban J connectivity index is 1.56. The van der Waals surface area contributed by atoms with Gasteiger partial charge < -0.3 is 15.4 Å². The van der Waals surface area contributed by atoms with Gasteiger partial charge in [-0.05, 0) is 50.6 Å². The summed E-state index contributed by atoms with van der Waals surface area (Å²) < 4.78 is 5.59. The zero-order valence-corrected chi connectivity index (χ0v) is 15.1. The summed E-state index contributed by atoms with van der Waals surface area (Å²) in [4.78, 5) is 14.2. The van der Waals surface area contributed by atoms with Crippen molar-refractivity contribution in [3.05, 3.63) is 35.9 Å². The third kappa shape index (κ3) is 3.15. The number of benzene rings is 1. The lowest BCUT2D eigenvalue weighted by Crippen LogP contribution is -2.55. The van der Waals surface area contributed by atoms with E-state index in [2.05, 4.69) is 52.9 Å². The number of ether oxygens (including phenoxy) is 1. The highest BCUT2D eigenvalue weighted by atomic mass is 16.5. The fourth-order valence-corrected chi connectivity index (χ4v) is 4.95. The number of hydrogen-bond acceptors (Lipinski definition) is 3. The minimum atomic E-state index is -0.0489.